The van der Waals surface area contributed by atoms with Crippen LogP contribution < -0.4 is 10.1 Å². The van der Waals surface area contributed by atoms with Crippen molar-refractivity contribution in [2.45, 2.75) is 0 Å². The molecule has 2 aromatic carbocycles. The van der Waals surface area contributed by atoms with Crippen LogP contribution in [0.4, 0.5) is 5.69 Å². The Hall–Kier alpha value is -2.05. The Bertz CT molecular complexity index is 748. The van der Waals surface area contributed by atoms with Gasteiger partial charge in [0, 0.05) is 9.50 Å². The van der Waals surface area contributed by atoms with Crippen LogP contribution >= 0.6 is 27.5 Å². The normalized spacial score (nSPS) is 10.1. The molecule has 0 aliphatic heterocycles. The summed E-state index contributed by atoms with van der Waals surface area (Å²) in [6, 6.07) is 9.18. The van der Waals surface area contributed by atoms with Crippen LogP contribution in [0.2, 0.25) is 5.02 Å². The summed E-state index contributed by atoms with van der Waals surface area (Å²) in [5.74, 6) is -1.28. The van der Waals surface area contributed by atoms with E-state index in [9.17, 15) is 14.7 Å². The average Bonchev–Trinajstić information content (AvgIpc) is 2.48. The molecular formula is C15H11BrClNO4. The number of aromatic carboxylic acids is 1. The Kier molecular flexibility index (Phi) is 5.05. The maximum Gasteiger partial charge on any atom is 0.337 e. The van der Waals surface area contributed by atoms with Gasteiger partial charge in [0.05, 0.1) is 23.9 Å². The molecule has 2 aromatic rings. The summed E-state index contributed by atoms with van der Waals surface area (Å²) in [6.07, 6.45) is 0. The molecule has 0 heterocycles. The zero-order valence-corrected chi connectivity index (χ0v) is 13.7. The van der Waals surface area contributed by atoms with Crippen molar-refractivity contribution in [1.29, 1.82) is 0 Å². The van der Waals surface area contributed by atoms with Crippen molar-refractivity contribution in [2.75, 3.05) is 12.4 Å². The molecule has 1 amide bonds. The largest absolute Gasteiger partial charge is 0.496 e. The average molecular weight is 385 g/mol. The van der Waals surface area contributed by atoms with Gasteiger partial charge in [0.25, 0.3) is 5.91 Å². The van der Waals surface area contributed by atoms with Gasteiger partial charge in [-0.2, -0.15) is 0 Å². The Labute approximate surface area is 140 Å². The lowest BCUT2D eigenvalue weighted by molar-refractivity contribution is 0.0698. The molecule has 0 bridgehead atoms. The minimum absolute atomic E-state index is 0.0881. The summed E-state index contributed by atoms with van der Waals surface area (Å²) >= 11 is 9.06. The number of halogens is 2. The molecule has 114 valence electrons. The van der Waals surface area contributed by atoms with Gasteiger partial charge >= 0.3 is 5.97 Å². The topological polar surface area (TPSA) is 75.6 Å². The lowest BCUT2D eigenvalue weighted by Gasteiger charge is -2.11. The first-order chi connectivity index (χ1) is 10.4. The maximum absolute atomic E-state index is 12.4. The Morgan fingerprint density at radius 1 is 1.18 bits per heavy atom. The van der Waals surface area contributed by atoms with Crippen molar-refractivity contribution in [1.82, 2.24) is 0 Å². The number of carboxylic acid groups (broad SMARTS) is 1. The summed E-state index contributed by atoms with van der Waals surface area (Å²) in [7, 11) is 1.45. The summed E-state index contributed by atoms with van der Waals surface area (Å²) in [4.78, 5) is 23.6. The maximum atomic E-state index is 12.4. The molecule has 0 atom stereocenters. The minimum Gasteiger partial charge on any atom is -0.496 e. The van der Waals surface area contributed by atoms with Crippen LogP contribution in [0.3, 0.4) is 0 Å². The second kappa shape index (κ2) is 6.81. The second-order valence-corrected chi connectivity index (χ2v) is 5.65. The van der Waals surface area contributed by atoms with Crippen LogP contribution in [0.1, 0.15) is 20.7 Å². The van der Waals surface area contributed by atoms with Gasteiger partial charge in [-0.3, -0.25) is 4.79 Å². The van der Waals surface area contributed by atoms with E-state index in [1.165, 1.54) is 25.3 Å². The molecule has 0 unspecified atom stereocenters. The van der Waals surface area contributed by atoms with E-state index in [4.69, 9.17) is 16.3 Å². The zero-order valence-electron chi connectivity index (χ0n) is 11.4. The van der Waals surface area contributed by atoms with E-state index < -0.39 is 11.9 Å². The van der Waals surface area contributed by atoms with Crippen molar-refractivity contribution in [3.05, 3.63) is 57.0 Å². The number of amides is 1. The molecular weight excluding hydrogens is 374 g/mol. The number of methoxy groups -OCH3 is 1. The molecule has 0 saturated carbocycles. The lowest BCUT2D eigenvalue weighted by atomic mass is 10.1. The minimum atomic E-state index is -1.18. The number of carboxylic acids is 1. The van der Waals surface area contributed by atoms with Gasteiger partial charge in [-0.05, 0) is 36.4 Å². The number of carbonyl (C=O) groups is 2. The first kappa shape index (κ1) is 16.3. The zero-order chi connectivity index (χ0) is 16.3. The van der Waals surface area contributed by atoms with Crippen molar-refractivity contribution >= 4 is 45.1 Å². The van der Waals surface area contributed by atoms with Crippen molar-refractivity contribution < 1.29 is 19.4 Å². The Morgan fingerprint density at radius 2 is 1.91 bits per heavy atom. The van der Waals surface area contributed by atoms with Crippen molar-refractivity contribution in [3.8, 4) is 5.75 Å². The van der Waals surface area contributed by atoms with E-state index in [0.717, 1.165) is 0 Å². The fraction of sp³-hybridized carbons (Fsp3) is 0.0667. The number of carbonyl (C=O) groups excluding carboxylic acids is 1. The highest BCUT2D eigenvalue weighted by Crippen LogP contribution is 2.26. The number of hydrogen-bond acceptors (Lipinski definition) is 3. The predicted molar refractivity (Wildman–Crippen MR) is 87.1 cm³/mol. The molecule has 0 saturated heterocycles. The fourth-order valence-electron chi connectivity index (χ4n) is 1.85. The third-order valence-electron chi connectivity index (χ3n) is 2.87. The van der Waals surface area contributed by atoms with Crippen LogP contribution in [0, 0.1) is 0 Å². The van der Waals surface area contributed by atoms with E-state index in [1.807, 2.05) is 0 Å². The molecule has 0 spiro atoms. The predicted octanol–water partition coefficient (Wildman–Crippen LogP) is 4.06. The third-order valence-corrected chi connectivity index (χ3v) is 3.59. The lowest BCUT2D eigenvalue weighted by Crippen LogP contribution is -2.15. The highest BCUT2D eigenvalue weighted by Gasteiger charge is 2.17. The fourth-order valence-corrected chi connectivity index (χ4v) is 2.38. The van der Waals surface area contributed by atoms with Crippen LogP contribution in [0.25, 0.3) is 0 Å². The molecule has 0 aromatic heterocycles. The van der Waals surface area contributed by atoms with Gasteiger partial charge in [-0.25, -0.2) is 4.79 Å². The third kappa shape index (κ3) is 3.58. The van der Waals surface area contributed by atoms with E-state index in [0.29, 0.717) is 10.2 Å². The van der Waals surface area contributed by atoms with Gasteiger partial charge in [-0.15, -0.1) is 0 Å². The molecule has 5 nitrogen and oxygen atoms in total. The number of benzene rings is 2. The van der Waals surface area contributed by atoms with E-state index in [-0.39, 0.29) is 21.8 Å². The summed E-state index contributed by atoms with van der Waals surface area (Å²) < 4.78 is 5.84. The molecule has 0 aliphatic rings. The monoisotopic (exact) mass is 383 g/mol. The van der Waals surface area contributed by atoms with Gasteiger partial charge in [0.2, 0.25) is 0 Å². The first-order valence-corrected chi connectivity index (χ1v) is 7.27. The standard InChI is InChI=1S/C15H11BrClNO4/c1-22-13-5-2-8(16)6-11(13)14(19)18-12-4-3-9(17)7-10(12)15(20)21/h2-7H,1H3,(H,18,19)(H,20,21). The summed E-state index contributed by atoms with van der Waals surface area (Å²) in [5.41, 5.74) is 0.349. The van der Waals surface area contributed by atoms with Crippen LogP contribution in [0.5, 0.6) is 5.75 Å². The van der Waals surface area contributed by atoms with Crippen molar-refractivity contribution in [3.63, 3.8) is 0 Å². The molecule has 0 radical (unpaired) electrons. The highest BCUT2D eigenvalue weighted by molar-refractivity contribution is 9.10. The Morgan fingerprint density at radius 3 is 2.55 bits per heavy atom. The molecule has 0 fully saturated rings. The SMILES string of the molecule is COc1ccc(Br)cc1C(=O)Nc1ccc(Cl)cc1C(=O)O. The highest BCUT2D eigenvalue weighted by atomic mass is 79.9. The van der Waals surface area contributed by atoms with Gasteiger partial charge in [0.15, 0.2) is 0 Å². The summed E-state index contributed by atoms with van der Waals surface area (Å²) in [5, 5.41) is 12.0. The number of ether oxygens (including phenoxy) is 1. The molecule has 2 rings (SSSR count). The van der Waals surface area contributed by atoms with Crippen molar-refractivity contribution in [2.24, 2.45) is 0 Å². The van der Waals surface area contributed by atoms with Crippen LogP contribution in [-0.4, -0.2) is 24.1 Å². The number of nitrogens with one attached hydrogen (secondary N) is 1. The molecule has 7 heteroatoms. The quantitative estimate of drug-likeness (QED) is 0.833. The van der Waals surface area contributed by atoms with Crippen LogP contribution in [0.15, 0.2) is 40.9 Å². The Balaban J connectivity index is 2.38. The van der Waals surface area contributed by atoms with Gasteiger partial charge in [-0.1, -0.05) is 27.5 Å². The van der Waals surface area contributed by atoms with E-state index >= 15 is 0 Å². The molecule has 0 aliphatic carbocycles. The second-order valence-electron chi connectivity index (χ2n) is 4.29. The molecule has 22 heavy (non-hydrogen) atoms. The first-order valence-electron chi connectivity index (χ1n) is 6.10. The number of hydrogen-bond donors (Lipinski definition) is 2. The van der Waals surface area contributed by atoms with E-state index in [2.05, 4.69) is 21.2 Å². The molecule has 2 N–H and O–H groups in total. The van der Waals surface area contributed by atoms with Gasteiger partial charge in [0.1, 0.15) is 5.75 Å². The smallest absolute Gasteiger partial charge is 0.337 e. The summed E-state index contributed by atoms with van der Waals surface area (Å²) in [6.45, 7) is 0. The number of rotatable bonds is 4. The number of anilines is 1. The van der Waals surface area contributed by atoms with Gasteiger partial charge < -0.3 is 15.2 Å². The van der Waals surface area contributed by atoms with E-state index in [1.54, 1.807) is 18.2 Å². The van der Waals surface area contributed by atoms with Crippen LogP contribution in [-0.2, 0) is 0 Å².